The van der Waals surface area contributed by atoms with Gasteiger partial charge in [-0.05, 0) is 30.4 Å². The summed E-state index contributed by atoms with van der Waals surface area (Å²) >= 11 is 1.97. The van der Waals surface area contributed by atoms with Crippen molar-refractivity contribution in [2.45, 2.75) is 48.4 Å². The first-order chi connectivity index (χ1) is 7.16. The fraction of sp³-hybridized carbons (Fsp3) is 0.538. The zero-order valence-corrected chi connectivity index (χ0v) is 9.81. The molecule has 0 spiro atoms. The first-order valence-electron chi connectivity index (χ1n) is 5.66. The van der Waals surface area contributed by atoms with Crippen molar-refractivity contribution >= 4 is 11.8 Å². The minimum Gasteiger partial charge on any atom is -0.390 e. The summed E-state index contributed by atoms with van der Waals surface area (Å²) in [5, 5.41) is 10.7. The molecule has 1 atom stereocenters. The molecule has 1 nitrogen and oxygen atoms in total. The summed E-state index contributed by atoms with van der Waals surface area (Å²) in [7, 11) is 0. The summed E-state index contributed by atoms with van der Waals surface area (Å²) in [6.07, 6.45) is 4.01. The van der Waals surface area contributed by atoms with Crippen LogP contribution < -0.4 is 0 Å². The first-order valence-corrected chi connectivity index (χ1v) is 6.54. The molecule has 1 fully saturated rings. The second-order valence-electron chi connectivity index (χ2n) is 4.94. The second-order valence-corrected chi connectivity index (χ2v) is 6.39. The van der Waals surface area contributed by atoms with E-state index in [1.807, 2.05) is 11.8 Å². The van der Waals surface area contributed by atoms with Crippen molar-refractivity contribution in [2.75, 3.05) is 0 Å². The maximum Gasteiger partial charge on any atom is 0.0690 e. The Balaban J connectivity index is 1.92. The van der Waals surface area contributed by atoms with Gasteiger partial charge in [-0.1, -0.05) is 25.1 Å². The van der Waals surface area contributed by atoms with E-state index >= 15 is 0 Å². The monoisotopic (exact) mass is 220 g/mol. The molecule has 0 amide bonds. The molecule has 1 aromatic rings. The van der Waals surface area contributed by atoms with Crippen LogP contribution in [0.4, 0.5) is 0 Å². The quantitative estimate of drug-likeness (QED) is 0.827. The van der Waals surface area contributed by atoms with E-state index in [1.165, 1.54) is 22.4 Å². The third-order valence-electron chi connectivity index (χ3n) is 3.35. The Morgan fingerprint density at radius 1 is 1.47 bits per heavy atom. The van der Waals surface area contributed by atoms with Crippen molar-refractivity contribution in [1.82, 2.24) is 0 Å². The molecule has 1 saturated carbocycles. The lowest BCUT2D eigenvalue weighted by Gasteiger charge is -2.11. The van der Waals surface area contributed by atoms with Crippen LogP contribution in [0, 0.1) is 0 Å². The molecule has 1 aliphatic carbocycles. The van der Waals surface area contributed by atoms with Crippen molar-refractivity contribution in [3.63, 3.8) is 0 Å². The van der Waals surface area contributed by atoms with Crippen LogP contribution in [0.2, 0.25) is 0 Å². The number of thioether (sulfide) groups is 1. The Labute approximate surface area is 94.9 Å². The van der Waals surface area contributed by atoms with Gasteiger partial charge >= 0.3 is 0 Å². The standard InChI is InChI=1S/C13H16OS/c1-9-7-10-3-2-4-11(12(10)15-9)8-13(14)5-6-13/h2-4,9,14H,5-8H2,1H3. The fourth-order valence-electron chi connectivity index (χ4n) is 2.32. The van der Waals surface area contributed by atoms with Gasteiger partial charge in [-0.25, -0.2) is 0 Å². The number of aliphatic hydroxyl groups is 1. The number of rotatable bonds is 2. The zero-order valence-electron chi connectivity index (χ0n) is 8.99. The number of fused-ring (bicyclic) bond motifs is 1. The van der Waals surface area contributed by atoms with Crippen LogP contribution in [0.3, 0.4) is 0 Å². The van der Waals surface area contributed by atoms with Crippen molar-refractivity contribution in [3.05, 3.63) is 29.3 Å². The lowest BCUT2D eigenvalue weighted by Crippen LogP contribution is -2.11. The Kier molecular flexibility index (Phi) is 2.12. The molecule has 1 aromatic carbocycles. The van der Waals surface area contributed by atoms with Gasteiger partial charge in [0.25, 0.3) is 0 Å². The Bertz CT molecular complexity index is 396. The van der Waals surface area contributed by atoms with E-state index in [9.17, 15) is 5.11 Å². The van der Waals surface area contributed by atoms with Gasteiger partial charge in [-0.15, -0.1) is 11.8 Å². The van der Waals surface area contributed by atoms with Crippen LogP contribution in [0.25, 0.3) is 0 Å². The van der Waals surface area contributed by atoms with Crippen LogP contribution in [-0.4, -0.2) is 16.0 Å². The minimum absolute atomic E-state index is 0.360. The third kappa shape index (κ3) is 1.81. The molecule has 0 aromatic heterocycles. The number of hydrogen-bond donors (Lipinski definition) is 1. The van der Waals surface area contributed by atoms with Gasteiger partial charge in [0.1, 0.15) is 0 Å². The molecule has 0 saturated heterocycles. The highest BCUT2D eigenvalue weighted by molar-refractivity contribution is 8.00. The average Bonchev–Trinajstić information content (AvgIpc) is 2.76. The van der Waals surface area contributed by atoms with Crippen LogP contribution in [0.15, 0.2) is 23.1 Å². The summed E-state index contributed by atoms with van der Waals surface area (Å²) in [6, 6.07) is 6.55. The Morgan fingerprint density at radius 3 is 3.00 bits per heavy atom. The smallest absolute Gasteiger partial charge is 0.0690 e. The van der Waals surface area contributed by atoms with Crippen molar-refractivity contribution in [2.24, 2.45) is 0 Å². The summed E-state index contributed by atoms with van der Waals surface area (Å²) in [6.45, 7) is 2.28. The highest BCUT2D eigenvalue weighted by Crippen LogP contribution is 2.44. The normalized spacial score (nSPS) is 26.4. The number of hydrogen-bond acceptors (Lipinski definition) is 2. The molecule has 1 aliphatic heterocycles. The molecule has 2 heteroatoms. The molecule has 0 bridgehead atoms. The van der Waals surface area contributed by atoms with Crippen LogP contribution in [0.5, 0.6) is 0 Å². The molecule has 80 valence electrons. The van der Waals surface area contributed by atoms with E-state index in [0.29, 0.717) is 5.25 Å². The topological polar surface area (TPSA) is 20.2 Å². The molecule has 15 heavy (non-hydrogen) atoms. The predicted octanol–water partition coefficient (Wildman–Crippen LogP) is 2.79. The van der Waals surface area contributed by atoms with E-state index in [4.69, 9.17) is 0 Å². The van der Waals surface area contributed by atoms with Crippen molar-refractivity contribution in [1.29, 1.82) is 0 Å². The van der Waals surface area contributed by atoms with E-state index < -0.39 is 0 Å². The van der Waals surface area contributed by atoms with Gasteiger partial charge in [0.15, 0.2) is 0 Å². The van der Waals surface area contributed by atoms with E-state index in [2.05, 4.69) is 25.1 Å². The van der Waals surface area contributed by atoms with E-state index in [1.54, 1.807) is 0 Å². The lowest BCUT2D eigenvalue weighted by atomic mass is 10.0. The molecular formula is C13H16OS. The molecule has 1 N–H and O–H groups in total. The Hall–Kier alpha value is -0.470. The van der Waals surface area contributed by atoms with Gasteiger partial charge in [-0.2, -0.15) is 0 Å². The van der Waals surface area contributed by atoms with Crippen LogP contribution in [0.1, 0.15) is 30.9 Å². The largest absolute Gasteiger partial charge is 0.390 e. The third-order valence-corrected chi connectivity index (χ3v) is 4.68. The first kappa shape index (κ1) is 9.73. The highest BCUT2D eigenvalue weighted by Gasteiger charge is 2.41. The molecule has 2 aliphatic rings. The fourth-order valence-corrected chi connectivity index (χ4v) is 3.58. The molecule has 1 heterocycles. The van der Waals surface area contributed by atoms with Gasteiger partial charge in [0.2, 0.25) is 0 Å². The SMILES string of the molecule is CC1Cc2cccc(CC3(O)CC3)c2S1. The summed E-state index contributed by atoms with van der Waals surface area (Å²) in [4.78, 5) is 1.45. The Morgan fingerprint density at radius 2 is 2.27 bits per heavy atom. The molecule has 3 rings (SSSR count). The average molecular weight is 220 g/mol. The lowest BCUT2D eigenvalue weighted by molar-refractivity contribution is 0.150. The molecule has 1 unspecified atom stereocenters. The van der Waals surface area contributed by atoms with Crippen LogP contribution in [-0.2, 0) is 12.8 Å². The maximum atomic E-state index is 9.97. The van der Waals surface area contributed by atoms with E-state index in [-0.39, 0.29) is 5.60 Å². The van der Waals surface area contributed by atoms with Crippen molar-refractivity contribution < 1.29 is 5.11 Å². The van der Waals surface area contributed by atoms with Gasteiger partial charge in [0.05, 0.1) is 5.60 Å². The highest BCUT2D eigenvalue weighted by atomic mass is 32.2. The zero-order chi connectivity index (χ0) is 10.5. The van der Waals surface area contributed by atoms with Gasteiger partial charge < -0.3 is 5.11 Å². The second kappa shape index (κ2) is 3.26. The van der Waals surface area contributed by atoms with E-state index in [0.717, 1.165) is 19.3 Å². The van der Waals surface area contributed by atoms with Gasteiger partial charge in [0, 0.05) is 16.6 Å². The van der Waals surface area contributed by atoms with Crippen molar-refractivity contribution in [3.8, 4) is 0 Å². The van der Waals surface area contributed by atoms with Gasteiger partial charge in [-0.3, -0.25) is 0 Å². The summed E-state index contributed by atoms with van der Waals surface area (Å²) in [5.74, 6) is 0. The van der Waals surface area contributed by atoms with Crippen LogP contribution >= 0.6 is 11.8 Å². The molecular weight excluding hydrogens is 204 g/mol. The maximum absolute atomic E-state index is 9.97. The minimum atomic E-state index is -0.360. The molecule has 0 radical (unpaired) electrons. The summed E-state index contributed by atoms with van der Waals surface area (Å²) in [5.41, 5.74) is 2.48. The summed E-state index contributed by atoms with van der Waals surface area (Å²) < 4.78 is 0. The predicted molar refractivity (Wildman–Crippen MR) is 63.4 cm³/mol. The number of benzene rings is 1.